The average molecular weight is 447 g/mol. The second kappa shape index (κ2) is 9.72. The molecule has 1 saturated heterocycles. The highest BCUT2D eigenvalue weighted by Gasteiger charge is 2.48. The van der Waals surface area contributed by atoms with Gasteiger partial charge in [-0.1, -0.05) is 81.1 Å². The van der Waals surface area contributed by atoms with Gasteiger partial charge in [0.25, 0.3) is 0 Å². The number of benzene rings is 2. The molecule has 1 fully saturated rings. The van der Waals surface area contributed by atoms with Gasteiger partial charge >= 0.3 is 0 Å². The number of primary amides is 1. The maximum atomic E-state index is 12.1. The Morgan fingerprint density at radius 3 is 2.33 bits per heavy atom. The number of piperidine rings is 1. The van der Waals surface area contributed by atoms with Crippen LogP contribution in [0, 0.1) is 11.3 Å². The molecule has 0 bridgehead atoms. The molecule has 1 aliphatic rings. The summed E-state index contributed by atoms with van der Waals surface area (Å²) in [6, 6.07) is 16.4. The van der Waals surface area contributed by atoms with Crippen molar-refractivity contribution in [1.82, 2.24) is 5.32 Å². The first-order valence-corrected chi connectivity index (χ1v) is 11.6. The van der Waals surface area contributed by atoms with Gasteiger partial charge in [-0.05, 0) is 53.1 Å². The molecule has 1 heterocycles. The molecule has 0 aliphatic carbocycles. The molecule has 5 heteroatoms. The van der Waals surface area contributed by atoms with Crippen LogP contribution < -0.4 is 11.1 Å². The second-order valence-corrected chi connectivity index (χ2v) is 9.79. The van der Waals surface area contributed by atoms with Gasteiger partial charge in [0, 0.05) is 34.5 Å². The number of rotatable bonds is 7. The summed E-state index contributed by atoms with van der Waals surface area (Å²) in [7, 11) is 0. The summed E-state index contributed by atoms with van der Waals surface area (Å²) < 4.78 is 0. The molecule has 0 aromatic heterocycles. The Kier molecular flexibility index (Phi) is 7.49. The molecule has 3 rings (SSSR count). The minimum absolute atomic E-state index is 0.104. The first-order chi connectivity index (χ1) is 14.3. The molecule has 162 valence electrons. The van der Waals surface area contributed by atoms with Gasteiger partial charge in [-0.25, -0.2) is 0 Å². The lowest BCUT2D eigenvalue weighted by Gasteiger charge is -2.52. The van der Waals surface area contributed by atoms with Gasteiger partial charge < -0.3 is 11.1 Å². The lowest BCUT2D eigenvalue weighted by Crippen LogP contribution is -2.56. The highest BCUT2D eigenvalue weighted by atomic mass is 35.5. The highest BCUT2D eigenvalue weighted by molar-refractivity contribution is 6.30. The lowest BCUT2D eigenvalue weighted by atomic mass is 9.61. The van der Waals surface area contributed by atoms with Gasteiger partial charge in [0.05, 0.1) is 0 Å². The van der Waals surface area contributed by atoms with Crippen molar-refractivity contribution in [3.05, 3.63) is 69.7 Å². The maximum absolute atomic E-state index is 12.1. The quantitative estimate of drug-likeness (QED) is 0.509. The predicted molar refractivity (Wildman–Crippen MR) is 126 cm³/mol. The third kappa shape index (κ3) is 5.01. The zero-order valence-electron chi connectivity index (χ0n) is 18.0. The number of carbonyl (C=O) groups excluding carboxylic acids is 1. The van der Waals surface area contributed by atoms with Crippen molar-refractivity contribution in [2.24, 2.45) is 17.1 Å². The van der Waals surface area contributed by atoms with Crippen LogP contribution in [-0.2, 0) is 4.79 Å². The third-order valence-electron chi connectivity index (χ3n) is 6.80. The fourth-order valence-corrected chi connectivity index (χ4v) is 5.67. The highest BCUT2D eigenvalue weighted by Crippen LogP contribution is 2.51. The van der Waals surface area contributed by atoms with E-state index in [-0.39, 0.29) is 29.3 Å². The van der Waals surface area contributed by atoms with Gasteiger partial charge in [0.1, 0.15) is 0 Å². The molecule has 0 radical (unpaired) electrons. The molecule has 0 spiro atoms. The van der Waals surface area contributed by atoms with E-state index in [0.29, 0.717) is 12.3 Å². The van der Waals surface area contributed by atoms with E-state index in [0.717, 1.165) is 29.3 Å². The molecule has 1 unspecified atom stereocenters. The molecule has 3 N–H and O–H groups in total. The molecule has 2 aromatic rings. The van der Waals surface area contributed by atoms with Crippen molar-refractivity contribution < 1.29 is 4.79 Å². The van der Waals surface area contributed by atoms with Crippen molar-refractivity contribution in [1.29, 1.82) is 0 Å². The minimum Gasteiger partial charge on any atom is -0.370 e. The maximum Gasteiger partial charge on any atom is 0.218 e. The number of hydrogen-bond donors (Lipinski definition) is 2. The van der Waals surface area contributed by atoms with Crippen molar-refractivity contribution in [2.75, 3.05) is 0 Å². The molecule has 4 atom stereocenters. The van der Waals surface area contributed by atoms with E-state index in [4.69, 9.17) is 28.9 Å². The van der Waals surface area contributed by atoms with Crippen LogP contribution in [0.3, 0.4) is 0 Å². The zero-order valence-corrected chi connectivity index (χ0v) is 19.5. The van der Waals surface area contributed by atoms with Gasteiger partial charge in [0.15, 0.2) is 0 Å². The van der Waals surface area contributed by atoms with Crippen molar-refractivity contribution >= 4 is 29.1 Å². The molecule has 0 saturated carbocycles. The fourth-order valence-electron chi connectivity index (χ4n) is 5.35. The number of nitrogens with one attached hydrogen (secondary N) is 1. The van der Waals surface area contributed by atoms with Crippen LogP contribution in [0.5, 0.6) is 0 Å². The minimum atomic E-state index is -0.245. The summed E-state index contributed by atoms with van der Waals surface area (Å²) in [6.07, 6.45) is 3.33. The van der Waals surface area contributed by atoms with Gasteiger partial charge in [-0.3, -0.25) is 4.79 Å². The molecule has 1 aliphatic heterocycles. The largest absolute Gasteiger partial charge is 0.370 e. The van der Waals surface area contributed by atoms with E-state index in [1.165, 1.54) is 11.1 Å². The number of amides is 1. The zero-order chi connectivity index (χ0) is 21.9. The monoisotopic (exact) mass is 446 g/mol. The Bertz CT molecular complexity index is 866. The number of hydrogen-bond acceptors (Lipinski definition) is 2. The van der Waals surface area contributed by atoms with E-state index in [2.05, 4.69) is 44.3 Å². The Morgan fingerprint density at radius 1 is 1.10 bits per heavy atom. The number of nitrogens with two attached hydrogens (primary N) is 1. The van der Waals surface area contributed by atoms with E-state index < -0.39 is 0 Å². The molecule has 30 heavy (non-hydrogen) atoms. The smallest absolute Gasteiger partial charge is 0.218 e. The molecule has 1 amide bonds. The van der Waals surface area contributed by atoms with Crippen LogP contribution in [-0.4, -0.2) is 11.9 Å². The Hall–Kier alpha value is -1.55. The Balaban J connectivity index is 2.09. The van der Waals surface area contributed by atoms with E-state index in [9.17, 15) is 4.79 Å². The Labute approximate surface area is 190 Å². The van der Waals surface area contributed by atoms with Crippen LogP contribution in [0.25, 0.3) is 0 Å². The number of halogens is 2. The van der Waals surface area contributed by atoms with Gasteiger partial charge in [-0.2, -0.15) is 0 Å². The second-order valence-electron chi connectivity index (χ2n) is 8.91. The summed E-state index contributed by atoms with van der Waals surface area (Å²) in [4.78, 5) is 12.1. The first-order valence-electron chi connectivity index (χ1n) is 10.8. The summed E-state index contributed by atoms with van der Waals surface area (Å²) in [6.45, 7) is 6.66. The molecular weight excluding hydrogens is 415 g/mol. The summed E-state index contributed by atoms with van der Waals surface area (Å²) in [5.74, 6) is 0.384. The van der Waals surface area contributed by atoms with Gasteiger partial charge in [-0.15, -0.1) is 0 Å². The SMILES string of the molecule is CCC(CC)C1N[C@H](c2ccc(Cl)cc2)[C@@H](c2cccc(Cl)c2)C[C@]1(C)CC(N)=O. The standard InChI is InChI=1S/C25H32Cl2N2O/c1-4-16(5-2)24-25(3,15-22(28)30)14-21(18-7-6-8-20(27)13-18)23(29-24)17-9-11-19(26)12-10-17/h6-13,16,21,23-24,29H,4-5,14-15H2,1-3H3,(H2,28,30)/t21-,23-,24?,25-/m1/s1. The molecular formula is C25H32Cl2N2O. The van der Waals surface area contributed by atoms with Crippen molar-refractivity contribution in [3.63, 3.8) is 0 Å². The average Bonchev–Trinajstić information content (AvgIpc) is 2.70. The van der Waals surface area contributed by atoms with E-state index >= 15 is 0 Å². The van der Waals surface area contributed by atoms with Crippen LogP contribution in [0.15, 0.2) is 48.5 Å². The normalized spacial score (nSPS) is 26.7. The first kappa shape index (κ1) is 23.1. The lowest BCUT2D eigenvalue weighted by molar-refractivity contribution is -0.121. The van der Waals surface area contributed by atoms with E-state index in [1.54, 1.807) is 0 Å². The predicted octanol–water partition coefficient (Wildman–Crippen LogP) is 6.50. The molecule has 2 aromatic carbocycles. The van der Waals surface area contributed by atoms with Crippen LogP contribution in [0.2, 0.25) is 10.0 Å². The van der Waals surface area contributed by atoms with Crippen LogP contribution >= 0.6 is 23.2 Å². The van der Waals surface area contributed by atoms with Gasteiger partial charge in [0.2, 0.25) is 5.91 Å². The van der Waals surface area contributed by atoms with Crippen LogP contribution in [0.1, 0.15) is 69.5 Å². The summed E-state index contributed by atoms with van der Waals surface area (Å²) >= 11 is 12.5. The number of carbonyl (C=O) groups is 1. The molecule has 3 nitrogen and oxygen atoms in total. The Morgan fingerprint density at radius 2 is 1.77 bits per heavy atom. The van der Waals surface area contributed by atoms with Crippen molar-refractivity contribution in [2.45, 2.75) is 64.5 Å². The van der Waals surface area contributed by atoms with Crippen molar-refractivity contribution in [3.8, 4) is 0 Å². The summed E-state index contributed by atoms with van der Waals surface area (Å²) in [5, 5.41) is 5.41. The van der Waals surface area contributed by atoms with Crippen LogP contribution in [0.4, 0.5) is 0 Å². The fraction of sp³-hybridized carbons (Fsp3) is 0.480. The summed E-state index contributed by atoms with van der Waals surface area (Å²) in [5.41, 5.74) is 7.85. The topological polar surface area (TPSA) is 55.1 Å². The third-order valence-corrected chi connectivity index (χ3v) is 7.29. The van der Waals surface area contributed by atoms with E-state index in [1.807, 2.05) is 30.3 Å².